The number of hydrogen-bond donors (Lipinski definition) is 1. The molecule has 0 saturated carbocycles. The minimum Gasteiger partial charge on any atom is -0.325 e. The van der Waals surface area contributed by atoms with Crippen LogP contribution >= 0.6 is 0 Å². The van der Waals surface area contributed by atoms with E-state index in [1.807, 2.05) is 27.0 Å². The monoisotopic (exact) mass is 243 g/mol. The van der Waals surface area contributed by atoms with Gasteiger partial charge in [-0.15, -0.1) is 0 Å². The highest BCUT2D eigenvalue weighted by atomic mass is 32.2. The van der Waals surface area contributed by atoms with E-state index >= 15 is 0 Å². The molecule has 4 nitrogen and oxygen atoms in total. The molecule has 2 N–H and O–H groups in total. The van der Waals surface area contributed by atoms with Gasteiger partial charge in [0.05, 0.1) is 17.1 Å². The lowest BCUT2D eigenvalue weighted by atomic mass is 10.1. The number of rotatable bonds is 5. The van der Waals surface area contributed by atoms with Gasteiger partial charge in [0.15, 0.2) is 0 Å². The van der Waals surface area contributed by atoms with Crippen LogP contribution in [0.1, 0.15) is 32.2 Å². The fraction of sp³-hybridized carbons (Fsp3) is 0.727. The van der Waals surface area contributed by atoms with E-state index in [0.717, 1.165) is 17.8 Å². The van der Waals surface area contributed by atoms with E-state index in [2.05, 4.69) is 12.0 Å². The van der Waals surface area contributed by atoms with E-state index in [0.29, 0.717) is 11.5 Å². The molecule has 0 aliphatic carbocycles. The number of aryl methyl sites for hydroxylation is 2. The maximum atomic E-state index is 11.9. The Balaban J connectivity index is 2.66. The first-order chi connectivity index (χ1) is 7.31. The van der Waals surface area contributed by atoms with Gasteiger partial charge in [-0.2, -0.15) is 5.10 Å². The summed E-state index contributed by atoms with van der Waals surface area (Å²) in [5.41, 5.74) is 7.52. The number of aromatic nitrogens is 2. The molecule has 1 rings (SSSR count). The molecule has 16 heavy (non-hydrogen) atoms. The Hall–Kier alpha value is -0.680. The van der Waals surface area contributed by atoms with Crippen molar-refractivity contribution in [2.24, 2.45) is 12.8 Å². The summed E-state index contributed by atoms with van der Waals surface area (Å²) < 4.78 is 13.7. The smallest absolute Gasteiger partial charge is 0.0656 e. The van der Waals surface area contributed by atoms with Gasteiger partial charge in [0.25, 0.3) is 0 Å². The Labute approximate surface area is 99.7 Å². The molecule has 1 aromatic heterocycles. The Kier molecular flexibility index (Phi) is 4.27. The summed E-state index contributed by atoms with van der Waals surface area (Å²) in [6.07, 6.45) is 0.906. The normalized spacial score (nSPS) is 14.1. The van der Waals surface area contributed by atoms with Gasteiger partial charge in [0, 0.05) is 29.1 Å². The second-order valence-corrected chi connectivity index (χ2v) is 6.28. The standard InChI is InChI=1S/C11H21N3OS/c1-5-9-6-10(14(4)13-9)7-16(15)8-11(2,3)12/h6H,5,7-8,12H2,1-4H3. The molecule has 0 aliphatic heterocycles. The maximum absolute atomic E-state index is 11.9. The lowest BCUT2D eigenvalue weighted by Gasteiger charge is -2.17. The summed E-state index contributed by atoms with van der Waals surface area (Å²) in [6, 6.07) is 2.02. The highest BCUT2D eigenvalue weighted by Gasteiger charge is 2.16. The first-order valence-corrected chi connectivity index (χ1v) is 6.96. The van der Waals surface area contributed by atoms with Crippen LogP contribution in [0.3, 0.4) is 0 Å². The summed E-state index contributed by atoms with van der Waals surface area (Å²) in [4.78, 5) is 0. The fourth-order valence-corrected chi connectivity index (χ4v) is 3.04. The molecule has 0 amide bonds. The Morgan fingerprint density at radius 2 is 2.19 bits per heavy atom. The average molecular weight is 243 g/mol. The Morgan fingerprint density at radius 3 is 2.62 bits per heavy atom. The molecule has 0 radical (unpaired) electrons. The molecule has 0 aliphatic rings. The van der Waals surface area contributed by atoms with Gasteiger partial charge in [0.2, 0.25) is 0 Å². The molecule has 0 fully saturated rings. The third-order valence-electron chi connectivity index (χ3n) is 2.23. The maximum Gasteiger partial charge on any atom is 0.0656 e. The van der Waals surface area contributed by atoms with Crippen LogP contribution in [0, 0.1) is 0 Å². The third-order valence-corrected chi connectivity index (χ3v) is 3.92. The number of nitrogens with two attached hydrogens (primary N) is 1. The van der Waals surface area contributed by atoms with Crippen molar-refractivity contribution in [3.8, 4) is 0 Å². The third kappa shape index (κ3) is 4.06. The second kappa shape index (κ2) is 5.10. The largest absolute Gasteiger partial charge is 0.325 e. The van der Waals surface area contributed by atoms with Crippen LogP contribution in [0.5, 0.6) is 0 Å². The van der Waals surface area contributed by atoms with Crippen LogP contribution in [0.25, 0.3) is 0 Å². The van der Waals surface area contributed by atoms with E-state index in [1.165, 1.54) is 0 Å². The predicted molar refractivity (Wildman–Crippen MR) is 67.6 cm³/mol. The van der Waals surface area contributed by atoms with Crippen LogP contribution in [0.2, 0.25) is 0 Å². The summed E-state index contributed by atoms with van der Waals surface area (Å²) in [5.74, 6) is 1.05. The average Bonchev–Trinajstić information content (AvgIpc) is 2.44. The van der Waals surface area contributed by atoms with Crippen molar-refractivity contribution >= 4 is 10.8 Å². The molecular weight excluding hydrogens is 222 g/mol. The predicted octanol–water partition coefficient (Wildman–Crippen LogP) is 0.968. The zero-order valence-electron chi connectivity index (χ0n) is 10.5. The van der Waals surface area contributed by atoms with Crippen molar-refractivity contribution in [3.05, 3.63) is 17.5 Å². The van der Waals surface area contributed by atoms with Crippen molar-refractivity contribution in [2.75, 3.05) is 5.75 Å². The van der Waals surface area contributed by atoms with Gasteiger partial charge < -0.3 is 5.73 Å². The second-order valence-electron chi connectivity index (χ2n) is 4.82. The van der Waals surface area contributed by atoms with E-state index in [-0.39, 0.29) is 5.54 Å². The molecule has 1 unspecified atom stereocenters. The minimum absolute atomic E-state index is 0.378. The first-order valence-electron chi connectivity index (χ1n) is 5.47. The van der Waals surface area contributed by atoms with Crippen LogP contribution in [-0.2, 0) is 30.0 Å². The molecule has 0 spiro atoms. The Morgan fingerprint density at radius 1 is 1.56 bits per heavy atom. The van der Waals surface area contributed by atoms with Gasteiger partial charge in [-0.25, -0.2) is 0 Å². The van der Waals surface area contributed by atoms with Crippen molar-refractivity contribution in [3.63, 3.8) is 0 Å². The Bertz CT molecular complexity index is 379. The molecule has 92 valence electrons. The first kappa shape index (κ1) is 13.4. The molecule has 1 heterocycles. The van der Waals surface area contributed by atoms with Gasteiger partial charge in [-0.05, 0) is 26.3 Å². The fourth-order valence-electron chi connectivity index (χ4n) is 1.51. The van der Waals surface area contributed by atoms with Crippen molar-refractivity contribution < 1.29 is 4.21 Å². The molecular formula is C11H21N3OS. The molecule has 1 aromatic rings. The van der Waals surface area contributed by atoms with Crippen molar-refractivity contribution in [1.82, 2.24) is 9.78 Å². The van der Waals surface area contributed by atoms with Crippen molar-refractivity contribution in [1.29, 1.82) is 0 Å². The van der Waals surface area contributed by atoms with E-state index in [4.69, 9.17) is 5.73 Å². The summed E-state index contributed by atoms with van der Waals surface area (Å²) in [5, 5.41) is 4.33. The van der Waals surface area contributed by atoms with Crippen LogP contribution in [-0.4, -0.2) is 25.3 Å². The summed E-state index contributed by atoms with van der Waals surface area (Å²) >= 11 is 0. The summed E-state index contributed by atoms with van der Waals surface area (Å²) in [7, 11) is 0.963. The number of hydrogen-bond acceptors (Lipinski definition) is 3. The summed E-state index contributed by atoms with van der Waals surface area (Å²) in [6.45, 7) is 5.85. The van der Waals surface area contributed by atoms with Gasteiger partial charge in [-0.1, -0.05) is 6.92 Å². The van der Waals surface area contributed by atoms with E-state index in [9.17, 15) is 4.21 Å². The minimum atomic E-state index is -0.925. The van der Waals surface area contributed by atoms with Crippen LogP contribution in [0.4, 0.5) is 0 Å². The van der Waals surface area contributed by atoms with Gasteiger partial charge in [0.1, 0.15) is 0 Å². The van der Waals surface area contributed by atoms with Crippen molar-refractivity contribution in [2.45, 2.75) is 38.5 Å². The molecule has 0 aromatic carbocycles. The molecule has 0 bridgehead atoms. The van der Waals surface area contributed by atoms with Crippen LogP contribution in [0.15, 0.2) is 6.07 Å². The molecule has 5 heteroatoms. The van der Waals surface area contributed by atoms with Gasteiger partial charge in [-0.3, -0.25) is 8.89 Å². The molecule has 0 saturated heterocycles. The lowest BCUT2D eigenvalue weighted by Crippen LogP contribution is -2.38. The van der Waals surface area contributed by atoms with Gasteiger partial charge >= 0.3 is 0 Å². The zero-order valence-corrected chi connectivity index (χ0v) is 11.3. The van der Waals surface area contributed by atoms with E-state index < -0.39 is 10.8 Å². The lowest BCUT2D eigenvalue weighted by molar-refractivity contribution is 0.576. The SMILES string of the molecule is CCc1cc(CS(=O)CC(C)(C)N)n(C)n1. The number of nitrogens with zero attached hydrogens (tertiary/aromatic N) is 2. The highest BCUT2D eigenvalue weighted by molar-refractivity contribution is 7.84. The molecule has 1 atom stereocenters. The van der Waals surface area contributed by atoms with E-state index in [1.54, 1.807) is 4.68 Å². The topological polar surface area (TPSA) is 60.9 Å². The zero-order chi connectivity index (χ0) is 12.3. The quantitative estimate of drug-likeness (QED) is 0.838. The highest BCUT2D eigenvalue weighted by Crippen LogP contribution is 2.09. The van der Waals surface area contributed by atoms with Crippen LogP contribution < -0.4 is 5.73 Å².